The van der Waals surface area contributed by atoms with Gasteiger partial charge in [-0.1, -0.05) is 11.6 Å². The van der Waals surface area contributed by atoms with Gasteiger partial charge in [0.15, 0.2) is 5.78 Å². The summed E-state index contributed by atoms with van der Waals surface area (Å²) in [5.41, 5.74) is 1.29. The molecule has 0 fully saturated rings. The van der Waals surface area contributed by atoms with Gasteiger partial charge in [0.25, 0.3) is 0 Å². The summed E-state index contributed by atoms with van der Waals surface area (Å²) < 4.78 is 0. The summed E-state index contributed by atoms with van der Waals surface area (Å²) in [5, 5.41) is 3.28. The van der Waals surface area contributed by atoms with Crippen LogP contribution in [0.2, 0.25) is 5.02 Å². The lowest BCUT2D eigenvalue weighted by Gasteiger charge is -2.16. The van der Waals surface area contributed by atoms with Crippen molar-refractivity contribution in [3.05, 3.63) is 50.7 Å². The predicted octanol–water partition coefficient (Wildman–Crippen LogP) is 4.08. The standard InChI is InChI=1S/C19H21ClN2O3S/c1-12-10-16(13(2)26-12)17(23)8-9-19(25)22(3)11-18(24)21-15-6-4-14(20)5-7-15/h4-7,10H,8-9,11H2,1-3H3,(H,21,24). The molecule has 0 aliphatic heterocycles. The third kappa shape index (κ3) is 5.68. The molecule has 2 aromatic rings. The van der Waals surface area contributed by atoms with Crippen molar-refractivity contribution in [1.29, 1.82) is 0 Å². The Balaban J connectivity index is 1.81. The maximum Gasteiger partial charge on any atom is 0.243 e. The van der Waals surface area contributed by atoms with E-state index in [2.05, 4.69) is 5.32 Å². The molecular weight excluding hydrogens is 372 g/mol. The normalized spacial score (nSPS) is 10.5. The monoisotopic (exact) mass is 392 g/mol. The Kier molecular flexibility index (Phi) is 6.94. The average Bonchev–Trinajstić information content (AvgIpc) is 2.92. The first-order valence-corrected chi connectivity index (χ1v) is 9.35. The molecule has 26 heavy (non-hydrogen) atoms. The van der Waals surface area contributed by atoms with Gasteiger partial charge in [-0.3, -0.25) is 14.4 Å². The number of nitrogens with zero attached hydrogens (tertiary/aromatic N) is 1. The molecule has 2 rings (SSSR count). The highest BCUT2D eigenvalue weighted by Gasteiger charge is 2.17. The number of hydrogen-bond acceptors (Lipinski definition) is 4. The summed E-state index contributed by atoms with van der Waals surface area (Å²) in [7, 11) is 1.55. The number of halogens is 1. The highest BCUT2D eigenvalue weighted by molar-refractivity contribution is 7.12. The smallest absolute Gasteiger partial charge is 0.243 e. The van der Waals surface area contributed by atoms with E-state index in [1.807, 2.05) is 19.9 Å². The first kappa shape index (κ1) is 20.1. The second-order valence-electron chi connectivity index (χ2n) is 6.05. The Hall–Kier alpha value is -2.18. The van der Waals surface area contributed by atoms with E-state index in [9.17, 15) is 14.4 Å². The van der Waals surface area contributed by atoms with Gasteiger partial charge in [0, 0.05) is 45.9 Å². The van der Waals surface area contributed by atoms with Crippen LogP contribution in [0.3, 0.4) is 0 Å². The van der Waals surface area contributed by atoms with Crippen LogP contribution in [-0.2, 0) is 9.59 Å². The van der Waals surface area contributed by atoms with Gasteiger partial charge in [0.2, 0.25) is 11.8 Å². The summed E-state index contributed by atoms with van der Waals surface area (Å²) in [4.78, 5) is 39.8. The molecule has 0 atom stereocenters. The number of anilines is 1. The number of carbonyl (C=O) groups excluding carboxylic acids is 3. The number of amides is 2. The third-order valence-electron chi connectivity index (χ3n) is 3.84. The fraction of sp³-hybridized carbons (Fsp3) is 0.316. The third-order valence-corrected chi connectivity index (χ3v) is 5.06. The number of hydrogen-bond donors (Lipinski definition) is 1. The molecule has 7 heteroatoms. The second-order valence-corrected chi connectivity index (χ2v) is 7.95. The SMILES string of the molecule is Cc1cc(C(=O)CCC(=O)N(C)CC(=O)Nc2ccc(Cl)cc2)c(C)s1. The van der Waals surface area contributed by atoms with Gasteiger partial charge in [-0.15, -0.1) is 11.3 Å². The summed E-state index contributed by atoms with van der Waals surface area (Å²) in [6.07, 6.45) is 0.219. The molecular formula is C19H21ClN2O3S. The maximum atomic E-state index is 12.2. The first-order chi connectivity index (χ1) is 12.3. The van der Waals surface area contributed by atoms with Crippen molar-refractivity contribution in [2.45, 2.75) is 26.7 Å². The highest BCUT2D eigenvalue weighted by Crippen LogP contribution is 2.22. The minimum Gasteiger partial charge on any atom is -0.336 e. The van der Waals surface area contributed by atoms with Gasteiger partial charge in [0.1, 0.15) is 0 Å². The molecule has 1 aromatic carbocycles. The molecule has 0 aliphatic rings. The zero-order valence-electron chi connectivity index (χ0n) is 15.0. The molecule has 1 aromatic heterocycles. The highest BCUT2D eigenvalue weighted by atomic mass is 35.5. The van der Waals surface area contributed by atoms with Gasteiger partial charge in [-0.25, -0.2) is 0 Å². The molecule has 0 unspecified atom stereocenters. The molecule has 0 saturated carbocycles. The molecule has 0 bridgehead atoms. The van der Waals surface area contributed by atoms with Crippen LogP contribution in [0.25, 0.3) is 0 Å². The molecule has 0 spiro atoms. The topological polar surface area (TPSA) is 66.5 Å². The Labute approximate surface area is 162 Å². The van der Waals surface area contributed by atoms with E-state index < -0.39 is 0 Å². The van der Waals surface area contributed by atoms with Crippen LogP contribution in [0, 0.1) is 13.8 Å². The zero-order chi connectivity index (χ0) is 19.3. The van der Waals surface area contributed by atoms with E-state index in [0.29, 0.717) is 16.3 Å². The van der Waals surface area contributed by atoms with Crippen LogP contribution in [0.4, 0.5) is 5.69 Å². The van der Waals surface area contributed by atoms with Crippen molar-refractivity contribution in [2.75, 3.05) is 18.9 Å². The number of carbonyl (C=O) groups is 3. The Morgan fingerprint density at radius 1 is 1.12 bits per heavy atom. The summed E-state index contributed by atoms with van der Waals surface area (Å²) in [6.45, 7) is 3.78. The fourth-order valence-corrected chi connectivity index (χ4v) is 3.56. The van der Waals surface area contributed by atoms with E-state index in [-0.39, 0.29) is 37.0 Å². The van der Waals surface area contributed by atoms with Gasteiger partial charge in [-0.05, 0) is 44.2 Å². The number of Topliss-reactive ketones (excluding diaryl/α,β-unsaturated/α-hetero) is 1. The van der Waals surface area contributed by atoms with Gasteiger partial charge in [-0.2, -0.15) is 0 Å². The lowest BCUT2D eigenvalue weighted by atomic mass is 10.1. The van der Waals surface area contributed by atoms with Crippen LogP contribution in [0.1, 0.15) is 33.0 Å². The predicted molar refractivity (Wildman–Crippen MR) is 105 cm³/mol. The Bertz CT molecular complexity index is 815. The van der Waals surface area contributed by atoms with Crippen LogP contribution in [0.5, 0.6) is 0 Å². The number of nitrogens with one attached hydrogen (secondary N) is 1. The summed E-state index contributed by atoms with van der Waals surface area (Å²) in [5.74, 6) is -0.591. The van der Waals surface area contributed by atoms with Crippen LogP contribution >= 0.6 is 22.9 Å². The van der Waals surface area contributed by atoms with Crippen LogP contribution in [-0.4, -0.2) is 36.1 Å². The van der Waals surface area contributed by atoms with Gasteiger partial charge in [0.05, 0.1) is 6.54 Å². The molecule has 2 amide bonds. The molecule has 5 nitrogen and oxygen atoms in total. The molecule has 1 heterocycles. The lowest BCUT2D eigenvalue weighted by molar-refractivity contribution is -0.133. The van der Waals surface area contributed by atoms with Crippen LogP contribution < -0.4 is 5.32 Å². The molecule has 0 aliphatic carbocycles. The largest absolute Gasteiger partial charge is 0.336 e. The minimum absolute atomic E-state index is 0.0424. The van der Waals surface area contributed by atoms with E-state index in [0.717, 1.165) is 9.75 Å². The van der Waals surface area contributed by atoms with Crippen molar-refractivity contribution in [1.82, 2.24) is 4.90 Å². The van der Waals surface area contributed by atoms with E-state index >= 15 is 0 Å². The summed E-state index contributed by atoms with van der Waals surface area (Å²) in [6, 6.07) is 8.57. The van der Waals surface area contributed by atoms with Gasteiger partial charge >= 0.3 is 0 Å². The number of aryl methyl sites for hydroxylation is 2. The number of benzene rings is 1. The maximum absolute atomic E-state index is 12.2. The minimum atomic E-state index is -0.307. The average molecular weight is 393 g/mol. The molecule has 0 saturated heterocycles. The molecule has 138 valence electrons. The number of likely N-dealkylation sites (N-methyl/N-ethyl adjacent to an activating group) is 1. The number of ketones is 1. The first-order valence-electron chi connectivity index (χ1n) is 8.16. The van der Waals surface area contributed by atoms with Crippen molar-refractivity contribution < 1.29 is 14.4 Å². The van der Waals surface area contributed by atoms with Crippen LogP contribution in [0.15, 0.2) is 30.3 Å². The van der Waals surface area contributed by atoms with E-state index in [1.165, 1.54) is 4.90 Å². The number of rotatable bonds is 7. The zero-order valence-corrected chi connectivity index (χ0v) is 16.5. The quantitative estimate of drug-likeness (QED) is 0.722. The van der Waals surface area contributed by atoms with E-state index in [4.69, 9.17) is 11.6 Å². The number of thiophene rings is 1. The molecule has 1 N–H and O–H groups in total. The molecule has 0 radical (unpaired) electrons. The fourth-order valence-electron chi connectivity index (χ4n) is 2.49. The lowest BCUT2D eigenvalue weighted by Crippen LogP contribution is -2.35. The van der Waals surface area contributed by atoms with Crippen molar-refractivity contribution >= 4 is 46.2 Å². The second kappa shape index (κ2) is 8.96. The summed E-state index contributed by atoms with van der Waals surface area (Å²) >= 11 is 7.37. The van der Waals surface area contributed by atoms with Crippen molar-refractivity contribution in [3.63, 3.8) is 0 Å². The Morgan fingerprint density at radius 2 is 1.77 bits per heavy atom. The van der Waals surface area contributed by atoms with Gasteiger partial charge < -0.3 is 10.2 Å². The van der Waals surface area contributed by atoms with Crippen molar-refractivity contribution in [3.8, 4) is 0 Å². The Morgan fingerprint density at radius 3 is 2.35 bits per heavy atom. The van der Waals surface area contributed by atoms with Crippen molar-refractivity contribution in [2.24, 2.45) is 0 Å². The van der Waals surface area contributed by atoms with E-state index in [1.54, 1.807) is 42.6 Å².